The summed E-state index contributed by atoms with van der Waals surface area (Å²) in [4.78, 5) is 4.49. The molecule has 4 rings (SSSR count). The molecule has 0 aromatic heterocycles. The minimum Gasteiger partial charge on any atom is -0.494 e. The van der Waals surface area contributed by atoms with Crippen LogP contribution in [-0.2, 0) is 5.60 Å². The summed E-state index contributed by atoms with van der Waals surface area (Å²) in [5.74, 6) is 0.544. The summed E-state index contributed by atoms with van der Waals surface area (Å²) in [6.45, 7) is 8.63. The van der Waals surface area contributed by atoms with E-state index in [0.29, 0.717) is 12.3 Å². The number of piperazine rings is 1. The van der Waals surface area contributed by atoms with E-state index in [1.54, 1.807) is 6.07 Å². The minimum absolute atomic E-state index is 0. The van der Waals surface area contributed by atoms with Gasteiger partial charge in [-0.05, 0) is 48.7 Å². The van der Waals surface area contributed by atoms with Crippen LogP contribution < -0.4 is 9.64 Å². The van der Waals surface area contributed by atoms with Gasteiger partial charge < -0.3 is 14.7 Å². The molecule has 0 saturated carbocycles. The van der Waals surface area contributed by atoms with E-state index in [2.05, 4.69) is 28.9 Å². The van der Waals surface area contributed by atoms with E-state index in [1.165, 1.54) is 6.07 Å². The number of anilines is 1. The third kappa shape index (κ3) is 7.84. The van der Waals surface area contributed by atoms with Crippen molar-refractivity contribution in [1.82, 2.24) is 4.90 Å². The molecule has 1 fully saturated rings. The molecule has 0 amide bonds. The van der Waals surface area contributed by atoms with Gasteiger partial charge in [0.2, 0.25) is 0 Å². The lowest BCUT2D eigenvalue weighted by Crippen LogP contribution is -2.49. The van der Waals surface area contributed by atoms with Crippen LogP contribution in [0.2, 0.25) is 0 Å². The molecule has 2 unspecified atom stereocenters. The molecular formula is C30H39Cl2FN2O2. The average molecular weight is 550 g/mol. The Morgan fingerprint density at radius 1 is 0.892 bits per heavy atom. The van der Waals surface area contributed by atoms with Crippen molar-refractivity contribution < 1.29 is 14.2 Å². The van der Waals surface area contributed by atoms with Crippen LogP contribution in [0.25, 0.3) is 0 Å². The lowest BCUT2D eigenvalue weighted by Gasteiger charge is -2.41. The Hall–Kier alpha value is -2.31. The predicted octanol–water partition coefficient (Wildman–Crippen LogP) is 6.66. The summed E-state index contributed by atoms with van der Waals surface area (Å²) in [5.41, 5.74) is 1.59. The highest BCUT2D eigenvalue weighted by molar-refractivity contribution is 5.85. The molecule has 3 aromatic carbocycles. The molecule has 2 atom stereocenters. The molecule has 0 spiro atoms. The summed E-state index contributed by atoms with van der Waals surface area (Å²) in [6, 6.07) is 25.1. The topological polar surface area (TPSA) is 35.9 Å². The van der Waals surface area contributed by atoms with E-state index in [-0.39, 0.29) is 36.5 Å². The van der Waals surface area contributed by atoms with Crippen LogP contribution in [0.5, 0.6) is 5.75 Å². The molecule has 1 N–H and O–H groups in total. The second-order valence-electron chi connectivity index (χ2n) is 9.58. The van der Waals surface area contributed by atoms with Gasteiger partial charge in [-0.3, -0.25) is 4.90 Å². The molecule has 0 radical (unpaired) electrons. The van der Waals surface area contributed by atoms with E-state index in [9.17, 15) is 9.50 Å². The normalized spacial score (nSPS) is 16.2. The van der Waals surface area contributed by atoms with E-state index in [0.717, 1.165) is 62.4 Å². The maximum absolute atomic E-state index is 14.3. The van der Waals surface area contributed by atoms with Crippen molar-refractivity contribution in [1.29, 1.82) is 0 Å². The minimum atomic E-state index is -1.06. The first-order valence-corrected chi connectivity index (χ1v) is 12.7. The zero-order valence-electron chi connectivity index (χ0n) is 21.7. The van der Waals surface area contributed by atoms with Gasteiger partial charge in [-0.25, -0.2) is 4.39 Å². The Morgan fingerprint density at radius 2 is 1.51 bits per heavy atom. The van der Waals surface area contributed by atoms with E-state index < -0.39 is 5.60 Å². The Bertz CT molecular complexity index is 1060. The molecule has 4 nitrogen and oxygen atoms in total. The zero-order valence-corrected chi connectivity index (χ0v) is 23.3. The Labute approximate surface area is 233 Å². The molecule has 0 bridgehead atoms. The van der Waals surface area contributed by atoms with Crippen molar-refractivity contribution in [2.45, 2.75) is 38.2 Å². The van der Waals surface area contributed by atoms with Gasteiger partial charge in [-0.15, -0.1) is 24.8 Å². The molecule has 1 aliphatic heterocycles. The molecule has 1 saturated heterocycles. The van der Waals surface area contributed by atoms with Crippen LogP contribution in [0, 0.1) is 5.82 Å². The van der Waals surface area contributed by atoms with Gasteiger partial charge >= 0.3 is 0 Å². The maximum Gasteiger partial charge on any atom is 0.146 e. The summed E-state index contributed by atoms with van der Waals surface area (Å²) in [5, 5.41) is 11.9. The van der Waals surface area contributed by atoms with Gasteiger partial charge in [-0.1, -0.05) is 67.9 Å². The number of benzene rings is 3. The lowest BCUT2D eigenvalue weighted by molar-refractivity contribution is 0.0121. The van der Waals surface area contributed by atoms with Crippen molar-refractivity contribution in [3.8, 4) is 5.75 Å². The van der Waals surface area contributed by atoms with Crippen LogP contribution >= 0.6 is 24.8 Å². The molecule has 37 heavy (non-hydrogen) atoms. The number of hydrogen-bond acceptors (Lipinski definition) is 4. The summed E-state index contributed by atoms with van der Waals surface area (Å²) >= 11 is 0. The van der Waals surface area contributed by atoms with Crippen LogP contribution in [0.15, 0.2) is 78.9 Å². The van der Waals surface area contributed by atoms with E-state index in [4.69, 9.17) is 4.74 Å². The van der Waals surface area contributed by atoms with Crippen molar-refractivity contribution >= 4 is 30.5 Å². The second kappa shape index (κ2) is 14.6. The number of aliphatic hydroxyl groups is 1. The summed E-state index contributed by atoms with van der Waals surface area (Å²) < 4.78 is 20.1. The Balaban J connectivity index is 0.00000241. The zero-order chi connectivity index (χ0) is 24.7. The van der Waals surface area contributed by atoms with Gasteiger partial charge in [0.1, 0.15) is 11.6 Å². The van der Waals surface area contributed by atoms with Crippen LogP contribution in [0.1, 0.15) is 43.7 Å². The lowest BCUT2D eigenvalue weighted by atomic mass is 9.78. The predicted molar refractivity (Wildman–Crippen MR) is 155 cm³/mol. The first-order chi connectivity index (χ1) is 17.0. The number of hydrogen-bond donors (Lipinski definition) is 1. The Morgan fingerprint density at radius 3 is 2.14 bits per heavy atom. The first-order valence-electron chi connectivity index (χ1n) is 12.7. The highest BCUT2D eigenvalue weighted by Crippen LogP contribution is 2.38. The molecule has 202 valence electrons. The summed E-state index contributed by atoms with van der Waals surface area (Å²) in [6.07, 6.45) is 2.12. The van der Waals surface area contributed by atoms with Crippen molar-refractivity contribution in [2.24, 2.45) is 0 Å². The fourth-order valence-electron chi connectivity index (χ4n) is 4.85. The van der Waals surface area contributed by atoms with Crippen LogP contribution in [0.4, 0.5) is 10.1 Å². The van der Waals surface area contributed by atoms with Crippen molar-refractivity contribution in [2.75, 3.05) is 44.2 Å². The number of nitrogens with zero attached hydrogens (tertiary/aromatic N) is 2. The average Bonchev–Trinajstić information content (AvgIpc) is 2.89. The largest absolute Gasteiger partial charge is 0.494 e. The maximum atomic E-state index is 14.3. The number of para-hydroxylation sites is 1. The SMILES string of the molecule is CCCCOc1ccc(C(C)(O)C(CN2CCN(c3ccccc3F)CC2)c2ccccc2)cc1.Cl.Cl. The van der Waals surface area contributed by atoms with Gasteiger partial charge in [0.15, 0.2) is 0 Å². The van der Waals surface area contributed by atoms with Gasteiger partial charge in [-0.2, -0.15) is 0 Å². The highest BCUT2D eigenvalue weighted by Gasteiger charge is 2.36. The van der Waals surface area contributed by atoms with Gasteiger partial charge in [0, 0.05) is 38.6 Å². The van der Waals surface area contributed by atoms with E-state index in [1.807, 2.05) is 61.5 Å². The van der Waals surface area contributed by atoms with Crippen molar-refractivity contribution in [3.63, 3.8) is 0 Å². The third-order valence-corrected chi connectivity index (χ3v) is 7.09. The van der Waals surface area contributed by atoms with Crippen LogP contribution in [0.3, 0.4) is 0 Å². The highest BCUT2D eigenvalue weighted by atomic mass is 35.5. The summed E-state index contributed by atoms with van der Waals surface area (Å²) in [7, 11) is 0. The van der Waals surface area contributed by atoms with E-state index >= 15 is 0 Å². The van der Waals surface area contributed by atoms with Gasteiger partial charge in [0.05, 0.1) is 17.9 Å². The molecule has 1 aliphatic rings. The molecule has 1 heterocycles. The second-order valence-corrected chi connectivity index (χ2v) is 9.58. The third-order valence-electron chi connectivity index (χ3n) is 7.09. The quantitative estimate of drug-likeness (QED) is 0.287. The fourth-order valence-corrected chi connectivity index (χ4v) is 4.85. The monoisotopic (exact) mass is 548 g/mol. The fraction of sp³-hybridized carbons (Fsp3) is 0.400. The number of unbranched alkanes of at least 4 members (excludes halogenated alkanes) is 1. The molecule has 7 heteroatoms. The molecule has 0 aliphatic carbocycles. The standard InChI is InChI=1S/C30H37FN2O2.2ClH/c1-3-4-22-35-26-16-14-25(15-17-26)30(2,34)27(24-10-6-5-7-11-24)23-32-18-20-33(21-19-32)29-13-9-8-12-28(29)31;;/h5-17,27,34H,3-4,18-23H2,1-2H3;2*1H. The number of rotatable bonds is 10. The van der Waals surface area contributed by atoms with Crippen LogP contribution in [-0.4, -0.2) is 49.3 Å². The smallest absolute Gasteiger partial charge is 0.146 e. The number of halogens is 3. The van der Waals surface area contributed by atoms with Gasteiger partial charge in [0.25, 0.3) is 0 Å². The Kier molecular flexibility index (Phi) is 12.2. The molecule has 3 aromatic rings. The number of ether oxygens (including phenoxy) is 1. The van der Waals surface area contributed by atoms with Crippen molar-refractivity contribution in [3.05, 3.63) is 95.8 Å². The first kappa shape index (κ1) is 30.9. The molecular weight excluding hydrogens is 510 g/mol.